The van der Waals surface area contributed by atoms with E-state index in [4.69, 9.17) is 4.74 Å². The van der Waals surface area contributed by atoms with Gasteiger partial charge in [-0.3, -0.25) is 0 Å². The monoisotopic (exact) mass is 210 g/mol. The first-order chi connectivity index (χ1) is 7.36. The molecule has 0 unspecified atom stereocenters. The van der Waals surface area contributed by atoms with Crippen LogP contribution in [0, 0.1) is 0 Å². The van der Waals surface area contributed by atoms with Gasteiger partial charge in [-0.25, -0.2) is 0 Å². The third kappa shape index (κ3) is 8.04. The maximum absolute atomic E-state index is 5.31. The maximum Gasteiger partial charge on any atom is 0.119 e. The molecule has 1 rings (SSSR count). The molecule has 0 aromatic heterocycles. The van der Waals surface area contributed by atoms with Crippen molar-refractivity contribution < 1.29 is 4.74 Å². The van der Waals surface area contributed by atoms with Gasteiger partial charge in [0.2, 0.25) is 0 Å². The molecule has 0 spiro atoms. The van der Waals surface area contributed by atoms with Gasteiger partial charge in [0.25, 0.3) is 0 Å². The van der Waals surface area contributed by atoms with E-state index in [9.17, 15) is 0 Å². The van der Waals surface area contributed by atoms with E-state index in [-0.39, 0.29) is 0 Å². The molecular formula is C14H26O. The second kappa shape index (κ2) is 13.0. The highest BCUT2D eigenvalue weighted by molar-refractivity contribution is 5.27. The summed E-state index contributed by atoms with van der Waals surface area (Å²) < 4.78 is 5.31. The van der Waals surface area contributed by atoms with Crippen molar-refractivity contribution in [2.45, 2.75) is 48.0 Å². The zero-order chi connectivity index (χ0) is 12.1. The molecule has 1 nitrogen and oxygen atoms in total. The van der Waals surface area contributed by atoms with Crippen molar-refractivity contribution in [3.8, 4) is 5.75 Å². The van der Waals surface area contributed by atoms with Crippen LogP contribution < -0.4 is 4.74 Å². The lowest BCUT2D eigenvalue weighted by Gasteiger charge is -2.02. The minimum absolute atomic E-state index is 0.742. The van der Waals surface area contributed by atoms with Gasteiger partial charge >= 0.3 is 0 Å². The van der Waals surface area contributed by atoms with Crippen LogP contribution in [0.2, 0.25) is 0 Å². The summed E-state index contributed by atoms with van der Waals surface area (Å²) in [5.74, 6) is 0.963. The summed E-state index contributed by atoms with van der Waals surface area (Å²) in [6, 6.07) is 8.24. The van der Waals surface area contributed by atoms with Crippen molar-refractivity contribution >= 4 is 0 Å². The predicted octanol–water partition coefficient (Wildman–Crippen LogP) is 4.70. The molecule has 0 N–H and O–H groups in total. The largest absolute Gasteiger partial charge is 0.494 e. The third-order valence-electron chi connectivity index (χ3n) is 1.64. The van der Waals surface area contributed by atoms with Gasteiger partial charge in [0, 0.05) is 0 Å². The Balaban J connectivity index is 0. The van der Waals surface area contributed by atoms with Crippen LogP contribution in [0.3, 0.4) is 0 Å². The minimum atomic E-state index is 0.742. The minimum Gasteiger partial charge on any atom is -0.494 e. The van der Waals surface area contributed by atoms with E-state index in [2.05, 4.69) is 19.1 Å². The number of benzene rings is 1. The Bertz CT molecular complexity index is 201. The Kier molecular flexibility index (Phi) is 14.3. The second-order valence-electron chi connectivity index (χ2n) is 2.43. The normalized spacial score (nSPS) is 7.87. The van der Waals surface area contributed by atoms with Gasteiger partial charge in [-0.2, -0.15) is 0 Å². The van der Waals surface area contributed by atoms with Crippen molar-refractivity contribution in [3.05, 3.63) is 29.8 Å². The highest BCUT2D eigenvalue weighted by atomic mass is 16.5. The molecule has 0 heterocycles. The number of hydrogen-bond acceptors (Lipinski definition) is 1. The summed E-state index contributed by atoms with van der Waals surface area (Å²) in [6.07, 6.45) is 1.09. The standard InChI is InChI=1S/C10H14O.2C2H6/c1-3-9-5-7-10(8-6-9)11-4-2;2*1-2/h5-8H,3-4H2,1-2H3;2*1-2H3. The molecule has 0 atom stereocenters. The number of ether oxygens (including phenoxy) is 1. The fraction of sp³-hybridized carbons (Fsp3) is 0.571. The first kappa shape index (κ1) is 16.4. The van der Waals surface area contributed by atoms with Crippen LogP contribution >= 0.6 is 0 Å². The van der Waals surface area contributed by atoms with Crippen LogP contribution in [-0.4, -0.2) is 6.61 Å². The summed E-state index contributed by atoms with van der Waals surface area (Å²) in [4.78, 5) is 0. The molecule has 0 fully saturated rings. The Hall–Kier alpha value is -0.980. The molecule has 1 aromatic carbocycles. The van der Waals surface area contributed by atoms with Crippen LogP contribution in [0.5, 0.6) is 5.75 Å². The Morgan fingerprint density at radius 2 is 1.33 bits per heavy atom. The van der Waals surface area contributed by atoms with Gasteiger partial charge in [0.05, 0.1) is 6.61 Å². The Morgan fingerprint density at radius 1 is 0.867 bits per heavy atom. The number of aryl methyl sites for hydroxylation is 1. The van der Waals surface area contributed by atoms with Crippen LogP contribution in [-0.2, 0) is 6.42 Å². The molecule has 0 aliphatic rings. The fourth-order valence-corrected chi connectivity index (χ4v) is 0.988. The molecule has 0 radical (unpaired) electrons. The Labute approximate surface area is 95.5 Å². The first-order valence-corrected chi connectivity index (χ1v) is 6.08. The molecule has 0 aliphatic heterocycles. The van der Waals surface area contributed by atoms with Crippen LogP contribution in [0.1, 0.15) is 47.1 Å². The molecule has 0 bridgehead atoms. The molecule has 1 heteroatoms. The van der Waals surface area contributed by atoms with Gasteiger partial charge in [-0.1, -0.05) is 46.8 Å². The zero-order valence-electron chi connectivity index (χ0n) is 11.1. The van der Waals surface area contributed by atoms with Gasteiger partial charge in [0.1, 0.15) is 5.75 Å². The average Bonchev–Trinajstić information content (AvgIpc) is 2.36. The molecule has 0 aliphatic carbocycles. The van der Waals surface area contributed by atoms with Gasteiger partial charge in [-0.15, -0.1) is 0 Å². The van der Waals surface area contributed by atoms with Crippen molar-refractivity contribution in [2.24, 2.45) is 0 Å². The molecule has 0 saturated heterocycles. The zero-order valence-corrected chi connectivity index (χ0v) is 11.1. The fourth-order valence-electron chi connectivity index (χ4n) is 0.988. The quantitative estimate of drug-likeness (QED) is 0.702. The topological polar surface area (TPSA) is 9.23 Å². The van der Waals surface area contributed by atoms with E-state index in [0.29, 0.717) is 0 Å². The smallest absolute Gasteiger partial charge is 0.119 e. The summed E-state index contributed by atoms with van der Waals surface area (Å²) in [5.41, 5.74) is 1.36. The van der Waals surface area contributed by atoms with E-state index in [1.54, 1.807) is 0 Å². The van der Waals surface area contributed by atoms with E-state index in [1.165, 1.54) is 5.56 Å². The van der Waals surface area contributed by atoms with Crippen molar-refractivity contribution in [1.82, 2.24) is 0 Å². The van der Waals surface area contributed by atoms with Crippen LogP contribution in [0.15, 0.2) is 24.3 Å². The average molecular weight is 210 g/mol. The van der Waals surface area contributed by atoms with Gasteiger partial charge in [0.15, 0.2) is 0 Å². The van der Waals surface area contributed by atoms with E-state index in [1.807, 2.05) is 46.8 Å². The van der Waals surface area contributed by atoms with Gasteiger partial charge in [-0.05, 0) is 31.0 Å². The Morgan fingerprint density at radius 3 is 1.67 bits per heavy atom. The van der Waals surface area contributed by atoms with Crippen molar-refractivity contribution in [3.63, 3.8) is 0 Å². The lowest BCUT2D eigenvalue weighted by molar-refractivity contribution is 0.340. The predicted molar refractivity (Wildman–Crippen MR) is 69.7 cm³/mol. The third-order valence-corrected chi connectivity index (χ3v) is 1.64. The summed E-state index contributed by atoms with van der Waals surface area (Å²) in [7, 11) is 0. The van der Waals surface area contributed by atoms with Crippen LogP contribution in [0.4, 0.5) is 0 Å². The SMILES string of the molecule is CC.CC.CCOc1ccc(CC)cc1. The van der Waals surface area contributed by atoms with Crippen molar-refractivity contribution in [1.29, 1.82) is 0 Å². The summed E-state index contributed by atoms with van der Waals surface area (Å²) >= 11 is 0. The van der Waals surface area contributed by atoms with Gasteiger partial charge < -0.3 is 4.74 Å². The highest BCUT2D eigenvalue weighted by Crippen LogP contribution is 2.11. The van der Waals surface area contributed by atoms with E-state index < -0.39 is 0 Å². The first-order valence-electron chi connectivity index (χ1n) is 6.08. The highest BCUT2D eigenvalue weighted by Gasteiger charge is 1.90. The van der Waals surface area contributed by atoms with E-state index in [0.717, 1.165) is 18.8 Å². The lowest BCUT2D eigenvalue weighted by Crippen LogP contribution is -1.90. The molecule has 0 amide bonds. The molecule has 1 aromatic rings. The van der Waals surface area contributed by atoms with E-state index >= 15 is 0 Å². The molecule has 0 saturated carbocycles. The molecule has 15 heavy (non-hydrogen) atoms. The maximum atomic E-state index is 5.31. The summed E-state index contributed by atoms with van der Waals surface area (Å²) in [6.45, 7) is 12.9. The van der Waals surface area contributed by atoms with Crippen LogP contribution in [0.25, 0.3) is 0 Å². The summed E-state index contributed by atoms with van der Waals surface area (Å²) in [5, 5.41) is 0. The molecule has 88 valence electrons. The number of hydrogen-bond donors (Lipinski definition) is 0. The molecular weight excluding hydrogens is 184 g/mol. The lowest BCUT2D eigenvalue weighted by atomic mass is 10.2. The van der Waals surface area contributed by atoms with Crippen molar-refractivity contribution in [2.75, 3.05) is 6.61 Å². The number of rotatable bonds is 3. The second-order valence-corrected chi connectivity index (χ2v) is 2.43.